The standard InChI is InChI=1S/C14H27NO2/c1-6-15(13(16)17-14(3,4)5)12-9-7-11(2)8-10-12/h11-12H,6-10H2,1-5H3/t11-,12-. The molecule has 0 N–H and O–H groups in total. The predicted octanol–water partition coefficient (Wildman–Crippen LogP) is 3.82. The molecule has 1 rings (SSSR count). The lowest BCUT2D eigenvalue weighted by molar-refractivity contribution is 0.0121. The number of amides is 1. The highest BCUT2D eigenvalue weighted by molar-refractivity contribution is 5.68. The summed E-state index contributed by atoms with van der Waals surface area (Å²) in [6.45, 7) is 10.8. The van der Waals surface area contributed by atoms with Gasteiger partial charge in [-0.05, 0) is 59.3 Å². The van der Waals surface area contributed by atoms with E-state index in [1.165, 1.54) is 12.8 Å². The van der Waals surface area contributed by atoms with Gasteiger partial charge in [-0.2, -0.15) is 0 Å². The second-order valence-electron chi connectivity index (χ2n) is 6.18. The minimum absolute atomic E-state index is 0.153. The minimum Gasteiger partial charge on any atom is -0.444 e. The third-order valence-corrected chi connectivity index (χ3v) is 3.39. The van der Waals surface area contributed by atoms with Gasteiger partial charge in [-0.1, -0.05) is 6.92 Å². The van der Waals surface area contributed by atoms with Gasteiger partial charge in [0.25, 0.3) is 0 Å². The van der Waals surface area contributed by atoms with Gasteiger partial charge in [-0.15, -0.1) is 0 Å². The molecular weight excluding hydrogens is 214 g/mol. The topological polar surface area (TPSA) is 29.5 Å². The lowest BCUT2D eigenvalue weighted by Gasteiger charge is -2.36. The molecule has 1 fully saturated rings. The molecule has 0 aromatic rings. The van der Waals surface area contributed by atoms with Crippen LogP contribution >= 0.6 is 0 Å². The first-order valence-corrected chi connectivity index (χ1v) is 6.83. The quantitative estimate of drug-likeness (QED) is 0.735. The molecule has 3 nitrogen and oxygen atoms in total. The number of carbonyl (C=O) groups is 1. The molecule has 0 unspecified atom stereocenters. The van der Waals surface area contributed by atoms with Gasteiger partial charge in [0.05, 0.1) is 0 Å². The van der Waals surface area contributed by atoms with E-state index in [4.69, 9.17) is 4.74 Å². The number of hydrogen-bond donors (Lipinski definition) is 0. The maximum Gasteiger partial charge on any atom is 0.410 e. The Bertz CT molecular complexity index is 249. The molecule has 1 aliphatic rings. The van der Waals surface area contributed by atoms with Crippen molar-refractivity contribution in [1.82, 2.24) is 4.90 Å². The van der Waals surface area contributed by atoms with E-state index < -0.39 is 5.60 Å². The van der Waals surface area contributed by atoms with Crippen molar-refractivity contribution in [3.8, 4) is 0 Å². The van der Waals surface area contributed by atoms with Gasteiger partial charge >= 0.3 is 6.09 Å². The van der Waals surface area contributed by atoms with Crippen LogP contribution < -0.4 is 0 Å². The number of rotatable bonds is 2. The van der Waals surface area contributed by atoms with Gasteiger partial charge < -0.3 is 9.64 Å². The Hall–Kier alpha value is -0.730. The first-order valence-electron chi connectivity index (χ1n) is 6.83. The fraction of sp³-hybridized carbons (Fsp3) is 0.929. The fourth-order valence-electron chi connectivity index (χ4n) is 2.41. The van der Waals surface area contributed by atoms with Crippen LogP contribution in [0.15, 0.2) is 0 Å². The van der Waals surface area contributed by atoms with Crippen LogP contribution in [0.3, 0.4) is 0 Å². The molecule has 17 heavy (non-hydrogen) atoms. The zero-order valence-electron chi connectivity index (χ0n) is 12.0. The predicted molar refractivity (Wildman–Crippen MR) is 70.0 cm³/mol. The van der Waals surface area contributed by atoms with Gasteiger partial charge in [-0.25, -0.2) is 4.79 Å². The first kappa shape index (κ1) is 14.3. The fourth-order valence-corrected chi connectivity index (χ4v) is 2.41. The van der Waals surface area contributed by atoms with Crippen LogP contribution in [0, 0.1) is 5.92 Å². The lowest BCUT2D eigenvalue weighted by Crippen LogP contribution is -2.44. The largest absolute Gasteiger partial charge is 0.444 e. The Morgan fingerprint density at radius 1 is 1.24 bits per heavy atom. The molecule has 1 amide bonds. The summed E-state index contributed by atoms with van der Waals surface area (Å²) in [6.07, 6.45) is 4.54. The number of ether oxygens (including phenoxy) is 1. The van der Waals surface area contributed by atoms with Crippen molar-refractivity contribution in [2.75, 3.05) is 6.54 Å². The van der Waals surface area contributed by atoms with E-state index in [1.807, 2.05) is 32.6 Å². The van der Waals surface area contributed by atoms with Gasteiger partial charge in [0.15, 0.2) is 0 Å². The summed E-state index contributed by atoms with van der Waals surface area (Å²) < 4.78 is 5.46. The molecule has 1 saturated carbocycles. The molecular formula is C14H27NO2. The van der Waals surface area contributed by atoms with Crippen LogP contribution in [-0.2, 0) is 4.74 Å². The second-order valence-corrected chi connectivity index (χ2v) is 6.18. The molecule has 0 saturated heterocycles. The van der Waals surface area contributed by atoms with Crippen molar-refractivity contribution < 1.29 is 9.53 Å². The van der Waals surface area contributed by atoms with Gasteiger partial charge in [-0.3, -0.25) is 0 Å². The Morgan fingerprint density at radius 2 is 1.76 bits per heavy atom. The van der Waals surface area contributed by atoms with E-state index in [0.29, 0.717) is 6.04 Å². The maximum atomic E-state index is 12.1. The molecule has 0 bridgehead atoms. The second kappa shape index (κ2) is 5.74. The van der Waals surface area contributed by atoms with Crippen molar-refractivity contribution >= 4 is 6.09 Å². The van der Waals surface area contributed by atoms with Crippen LogP contribution in [-0.4, -0.2) is 29.2 Å². The lowest BCUT2D eigenvalue weighted by atomic mass is 9.87. The smallest absolute Gasteiger partial charge is 0.410 e. The van der Waals surface area contributed by atoms with E-state index >= 15 is 0 Å². The average molecular weight is 241 g/mol. The minimum atomic E-state index is -0.396. The molecule has 0 aromatic heterocycles. The number of hydrogen-bond acceptors (Lipinski definition) is 2. The summed E-state index contributed by atoms with van der Waals surface area (Å²) >= 11 is 0. The van der Waals surface area contributed by atoms with Crippen molar-refractivity contribution in [2.45, 2.75) is 71.9 Å². The van der Waals surface area contributed by atoms with Crippen LogP contribution in [0.25, 0.3) is 0 Å². The molecule has 0 aromatic carbocycles. The summed E-state index contributed by atoms with van der Waals surface area (Å²) in [6, 6.07) is 0.381. The third kappa shape index (κ3) is 4.57. The summed E-state index contributed by atoms with van der Waals surface area (Å²) in [7, 11) is 0. The molecule has 3 heteroatoms. The zero-order valence-corrected chi connectivity index (χ0v) is 12.0. The van der Waals surface area contributed by atoms with Crippen LogP contribution in [0.5, 0.6) is 0 Å². The summed E-state index contributed by atoms with van der Waals surface area (Å²) in [5.41, 5.74) is -0.396. The Labute approximate surface area is 106 Å². The Kier molecular flexibility index (Phi) is 4.84. The summed E-state index contributed by atoms with van der Waals surface area (Å²) in [4.78, 5) is 14.0. The van der Waals surface area contributed by atoms with E-state index in [0.717, 1.165) is 25.3 Å². The van der Waals surface area contributed by atoms with E-state index in [2.05, 4.69) is 6.92 Å². The Balaban J connectivity index is 2.55. The first-order chi connectivity index (χ1) is 7.83. The summed E-state index contributed by atoms with van der Waals surface area (Å²) in [5.74, 6) is 0.809. The molecule has 100 valence electrons. The highest BCUT2D eigenvalue weighted by Crippen LogP contribution is 2.27. The van der Waals surface area contributed by atoms with E-state index in [-0.39, 0.29) is 6.09 Å². The molecule has 0 aliphatic heterocycles. The van der Waals surface area contributed by atoms with Gasteiger partial charge in [0.1, 0.15) is 5.60 Å². The molecule has 0 spiro atoms. The monoisotopic (exact) mass is 241 g/mol. The van der Waals surface area contributed by atoms with Crippen molar-refractivity contribution in [1.29, 1.82) is 0 Å². The average Bonchev–Trinajstić information content (AvgIpc) is 2.19. The highest BCUT2D eigenvalue weighted by atomic mass is 16.6. The van der Waals surface area contributed by atoms with E-state index in [9.17, 15) is 4.79 Å². The van der Waals surface area contributed by atoms with Gasteiger partial charge in [0.2, 0.25) is 0 Å². The van der Waals surface area contributed by atoms with E-state index in [1.54, 1.807) is 0 Å². The third-order valence-electron chi connectivity index (χ3n) is 3.39. The van der Waals surface area contributed by atoms with Crippen molar-refractivity contribution in [3.05, 3.63) is 0 Å². The summed E-state index contributed by atoms with van der Waals surface area (Å²) in [5, 5.41) is 0. The molecule has 1 aliphatic carbocycles. The maximum absolute atomic E-state index is 12.1. The molecule has 0 radical (unpaired) electrons. The zero-order chi connectivity index (χ0) is 13.1. The molecule has 0 heterocycles. The number of carbonyl (C=O) groups excluding carboxylic acids is 1. The van der Waals surface area contributed by atoms with Crippen LogP contribution in [0.1, 0.15) is 60.3 Å². The van der Waals surface area contributed by atoms with Crippen molar-refractivity contribution in [2.24, 2.45) is 5.92 Å². The SMILES string of the molecule is CCN(C(=O)OC(C)(C)C)[C@H]1CC[C@H](C)CC1. The number of nitrogens with zero attached hydrogens (tertiary/aromatic N) is 1. The Morgan fingerprint density at radius 3 is 2.18 bits per heavy atom. The highest BCUT2D eigenvalue weighted by Gasteiger charge is 2.29. The van der Waals surface area contributed by atoms with Crippen molar-refractivity contribution in [3.63, 3.8) is 0 Å². The molecule has 0 atom stereocenters. The normalized spacial score (nSPS) is 25.5. The van der Waals surface area contributed by atoms with Crippen LogP contribution in [0.2, 0.25) is 0 Å². The van der Waals surface area contributed by atoms with Gasteiger partial charge in [0, 0.05) is 12.6 Å². The van der Waals surface area contributed by atoms with Crippen LogP contribution in [0.4, 0.5) is 4.79 Å².